The van der Waals surface area contributed by atoms with Crippen molar-refractivity contribution in [1.82, 2.24) is 0 Å². The van der Waals surface area contributed by atoms with Gasteiger partial charge in [-0.1, -0.05) is 42.5 Å². The van der Waals surface area contributed by atoms with Crippen LogP contribution in [0, 0.1) is 0 Å². The maximum Gasteiger partial charge on any atom is 0.238 e. The molecule has 0 atom stereocenters. The third kappa shape index (κ3) is 4.77. The molecule has 0 bridgehead atoms. The van der Waals surface area contributed by atoms with Gasteiger partial charge in [0.2, 0.25) is 10.0 Å². The zero-order chi connectivity index (χ0) is 13.7. The lowest BCUT2D eigenvalue weighted by molar-refractivity contribution is 0.598. The predicted octanol–water partition coefficient (Wildman–Crippen LogP) is 2.37. The predicted molar refractivity (Wildman–Crippen MR) is 82.8 cm³/mol. The lowest BCUT2D eigenvalue weighted by atomic mass is 10.2. The van der Waals surface area contributed by atoms with E-state index < -0.39 is 10.0 Å². The fourth-order valence-corrected chi connectivity index (χ4v) is 2.10. The lowest BCUT2D eigenvalue weighted by Crippen LogP contribution is -2.11. The van der Waals surface area contributed by atoms with Crippen molar-refractivity contribution in [2.75, 3.05) is 0 Å². The Morgan fingerprint density at radius 3 is 2.15 bits per heavy atom. The highest BCUT2D eigenvalue weighted by atomic mass is 35.5. The van der Waals surface area contributed by atoms with E-state index in [1.807, 2.05) is 30.3 Å². The zero-order valence-corrected chi connectivity index (χ0v) is 12.3. The molecule has 2 rings (SSSR count). The molecule has 0 fully saturated rings. The molecule has 0 heterocycles. The number of benzene rings is 2. The maximum absolute atomic E-state index is 11.1. The molecule has 0 aliphatic heterocycles. The molecule has 0 saturated heterocycles. The summed E-state index contributed by atoms with van der Waals surface area (Å²) in [5.41, 5.74) is 1.96. The Balaban J connectivity index is 0.00000200. The van der Waals surface area contributed by atoms with Gasteiger partial charge in [0, 0.05) is 6.21 Å². The minimum Gasteiger partial charge on any atom is -0.288 e. The number of hydrogen-bond donors (Lipinski definition) is 1. The highest BCUT2D eigenvalue weighted by molar-refractivity contribution is 7.89. The van der Waals surface area contributed by atoms with Crippen molar-refractivity contribution >= 4 is 28.6 Å². The van der Waals surface area contributed by atoms with Gasteiger partial charge in [0.15, 0.2) is 0 Å². The molecule has 2 aromatic rings. The van der Waals surface area contributed by atoms with E-state index in [-0.39, 0.29) is 17.3 Å². The highest BCUT2D eigenvalue weighted by Gasteiger charge is 2.05. The highest BCUT2D eigenvalue weighted by Crippen LogP contribution is 2.09. The van der Waals surface area contributed by atoms with Gasteiger partial charge in [-0.15, -0.1) is 12.4 Å². The Kier molecular flexibility index (Phi) is 5.88. The van der Waals surface area contributed by atoms with Crippen molar-refractivity contribution in [2.45, 2.75) is 11.4 Å². The van der Waals surface area contributed by atoms with Crippen molar-refractivity contribution in [1.29, 1.82) is 0 Å². The van der Waals surface area contributed by atoms with Crippen LogP contribution < -0.4 is 5.14 Å². The number of nitrogens with zero attached hydrogens (tertiary/aromatic N) is 1. The van der Waals surface area contributed by atoms with E-state index in [0.717, 1.165) is 11.1 Å². The first-order valence-electron chi connectivity index (χ1n) is 5.72. The van der Waals surface area contributed by atoms with E-state index in [0.29, 0.717) is 6.54 Å². The number of halogens is 1. The number of sulfonamides is 1. The standard InChI is InChI=1S/C14H14N2O2S.ClH/c15-19(17,18)14-8-6-13(7-9-14)11-16-10-12-4-2-1-3-5-12;/h1-10H,11H2,(H2,15,17,18);1H. The summed E-state index contributed by atoms with van der Waals surface area (Å²) >= 11 is 0. The maximum atomic E-state index is 11.1. The van der Waals surface area contributed by atoms with Crippen molar-refractivity contribution in [2.24, 2.45) is 10.1 Å². The van der Waals surface area contributed by atoms with E-state index in [2.05, 4.69) is 4.99 Å². The summed E-state index contributed by atoms with van der Waals surface area (Å²) in [6, 6.07) is 16.2. The van der Waals surface area contributed by atoms with Gasteiger partial charge in [0.05, 0.1) is 11.4 Å². The number of aliphatic imine (C=N–C) groups is 1. The van der Waals surface area contributed by atoms with Gasteiger partial charge < -0.3 is 0 Å². The minimum absolute atomic E-state index is 0. The van der Waals surface area contributed by atoms with Gasteiger partial charge in [-0.3, -0.25) is 4.99 Å². The summed E-state index contributed by atoms with van der Waals surface area (Å²) in [5, 5.41) is 5.03. The molecule has 0 radical (unpaired) electrons. The first-order valence-corrected chi connectivity index (χ1v) is 7.27. The first kappa shape index (κ1) is 16.4. The second-order valence-corrected chi connectivity index (χ2v) is 5.63. The molecule has 0 aliphatic carbocycles. The number of primary sulfonamides is 1. The molecular weight excluding hydrogens is 296 g/mol. The largest absolute Gasteiger partial charge is 0.288 e. The second kappa shape index (κ2) is 7.19. The third-order valence-corrected chi connectivity index (χ3v) is 3.49. The summed E-state index contributed by atoms with van der Waals surface area (Å²) in [5.74, 6) is 0. The SMILES string of the molecule is Cl.NS(=O)(=O)c1ccc(CN=Cc2ccccc2)cc1. The van der Waals surface area contributed by atoms with Crippen LogP contribution in [0.15, 0.2) is 64.5 Å². The van der Waals surface area contributed by atoms with Crippen LogP contribution in [-0.2, 0) is 16.6 Å². The number of hydrogen-bond acceptors (Lipinski definition) is 3. The van der Waals surface area contributed by atoms with Crippen molar-refractivity contribution in [3.8, 4) is 0 Å². The molecule has 2 aromatic carbocycles. The summed E-state index contributed by atoms with van der Waals surface area (Å²) in [6.45, 7) is 0.500. The molecule has 0 spiro atoms. The minimum atomic E-state index is -3.62. The van der Waals surface area contributed by atoms with E-state index >= 15 is 0 Å². The molecular formula is C14H15ClN2O2S. The van der Waals surface area contributed by atoms with Crippen LogP contribution in [-0.4, -0.2) is 14.6 Å². The van der Waals surface area contributed by atoms with Crippen molar-refractivity contribution in [3.05, 3.63) is 65.7 Å². The molecule has 0 amide bonds. The van der Waals surface area contributed by atoms with Crippen LogP contribution in [0.5, 0.6) is 0 Å². The Morgan fingerprint density at radius 1 is 1.00 bits per heavy atom. The van der Waals surface area contributed by atoms with E-state index in [9.17, 15) is 8.42 Å². The molecule has 4 nitrogen and oxygen atoms in total. The van der Waals surface area contributed by atoms with Crippen LogP contribution in [0.3, 0.4) is 0 Å². The summed E-state index contributed by atoms with van der Waals surface area (Å²) in [6.07, 6.45) is 1.79. The van der Waals surface area contributed by atoms with Crippen LogP contribution in [0.4, 0.5) is 0 Å². The van der Waals surface area contributed by atoms with Gasteiger partial charge in [0.25, 0.3) is 0 Å². The summed E-state index contributed by atoms with van der Waals surface area (Å²) in [4.78, 5) is 4.41. The van der Waals surface area contributed by atoms with E-state index in [1.54, 1.807) is 18.3 Å². The smallest absolute Gasteiger partial charge is 0.238 e. The van der Waals surface area contributed by atoms with Gasteiger partial charge in [0.1, 0.15) is 0 Å². The molecule has 0 aliphatic rings. The zero-order valence-electron chi connectivity index (χ0n) is 10.6. The second-order valence-electron chi connectivity index (χ2n) is 4.07. The molecule has 2 N–H and O–H groups in total. The Hall–Kier alpha value is -1.69. The fraction of sp³-hybridized carbons (Fsp3) is 0.0714. The average Bonchev–Trinajstić information content (AvgIpc) is 2.39. The third-order valence-electron chi connectivity index (χ3n) is 2.57. The summed E-state index contributed by atoms with van der Waals surface area (Å²) < 4.78 is 22.2. The molecule has 6 heteroatoms. The molecule has 0 unspecified atom stereocenters. The Labute approximate surface area is 124 Å². The first-order chi connectivity index (χ1) is 9.05. The molecule has 0 aromatic heterocycles. The number of rotatable bonds is 4. The Morgan fingerprint density at radius 2 is 1.60 bits per heavy atom. The topological polar surface area (TPSA) is 72.5 Å². The lowest BCUT2D eigenvalue weighted by Gasteiger charge is -2.00. The molecule has 0 saturated carbocycles. The van der Waals surface area contributed by atoms with Crippen LogP contribution in [0.2, 0.25) is 0 Å². The van der Waals surface area contributed by atoms with Crippen LogP contribution in [0.1, 0.15) is 11.1 Å². The van der Waals surface area contributed by atoms with Crippen LogP contribution in [0.25, 0.3) is 0 Å². The monoisotopic (exact) mass is 310 g/mol. The van der Waals surface area contributed by atoms with Gasteiger partial charge >= 0.3 is 0 Å². The molecule has 106 valence electrons. The average molecular weight is 311 g/mol. The Bertz CT molecular complexity index is 668. The summed E-state index contributed by atoms with van der Waals surface area (Å²) in [7, 11) is -3.62. The van der Waals surface area contributed by atoms with E-state index in [4.69, 9.17) is 5.14 Å². The van der Waals surface area contributed by atoms with Crippen LogP contribution >= 0.6 is 12.4 Å². The fourth-order valence-electron chi connectivity index (χ4n) is 1.58. The number of nitrogens with two attached hydrogens (primary N) is 1. The van der Waals surface area contributed by atoms with Crippen molar-refractivity contribution in [3.63, 3.8) is 0 Å². The van der Waals surface area contributed by atoms with Gasteiger partial charge in [-0.25, -0.2) is 13.6 Å². The van der Waals surface area contributed by atoms with E-state index in [1.165, 1.54) is 12.1 Å². The van der Waals surface area contributed by atoms with Gasteiger partial charge in [-0.2, -0.15) is 0 Å². The normalized spacial score (nSPS) is 11.2. The molecule has 20 heavy (non-hydrogen) atoms. The quantitative estimate of drug-likeness (QED) is 0.881. The van der Waals surface area contributed by atoms with Crippen molar-refractivity contribution < 1.29 is 8.42 Å². The van der Waals surface area contributed by atoms with Gasteiger partial charge in [-0.05, 0) is 23.3 Å².